The molecule has 244 valence electrons. The molecule has 44 heavy (non-hydrogen) atoms. The zero-order valence-electron chi connectivity index (χ0n) is 26.7. The molecule has 0 bridgehead atoms. The Bertz CT molecular complexity index is 1330. The number of ether oxygens (including phenoxy) is 2. The second-order valence-corrected chi connectivity index (χ2v) is 14.8. The van der Waals surface area contributed by atoms with E-state index in [4.69, 9.17) is 9.47 Å². The van der Waals surface area contributed by atoms with Gasteiger partial charge in [0.05, 0.1) is 14.2 Å². The molecule has 1 saturated heterocycles. The van der Waals surface area contributed by atoms with Gasteiger partial charge in [-0.1, -0.05) is 51.4 Å². The summed E-state index contributed by atoms with van der Waals surface area (Å²) in [6.45, 7) is 3.69. The molecule has 5 rings (SSSR count). The first-order valence-electron chi connectivity index (χ1n) is 16.8. The molecule has 0 atom stereocenters. The molecule has 9 nitrogen and oxygen atoms in total. The lowest BCUT2D eigenvalue weighted by Crippen LogP contribution is -2.39. The normalized spacial score (nSPS) is 19.9. The van der Waals surface area contributed by atoms with Gasteiger partial charge in [0, 0.05) is 56.9 Å². The van der Waals surface area contributed by atoms with Crippen molar-refractivity contribution in [2.24, 2.45) is 5.92 Å². The first kappa shape index (κ1) is 32.8. The number of carbonyl (C=O) groups excluding carboxylic acids is 1. The summed E-state index contributed by atoms with van der Waals surface area (Å²) in [5.74, 6) is 1.30. The summed E-state index contributed by atoms with van der Waals surface area (Å²) in [5.41, 5.74) is 3.21. The summed E-state index contributed by atoms with van der Waals surface area (Å²) in [6.07, 6.45) is 16.5. The van der Waals surface area contributed by atoms with Gasteiger partial charge in [0.25, 0.3) is 5.91 Å². The van der Waals surface area contributed by atoms with Crippen molar-refractivity contribution in [3.05, 3.63) is 41.2 Å². The summed E-state index contributed by atoms with van der Waals surface area (Å²) in [6, 6.07) is 7.63. The van der Waals surface area contributed by atoms with Crippen molar-refractivity contribution >= 4 is 15.9 Å². The number of carbonyl (C=O) groups is 1. The molecule has 2 aromatic rings. The van der Waals surface area contributed by atoms with Gasteiger partial charge in [-0.05, 0) is 61.8 Å². The van der Waals surface area contributed by atoms with Crippen LogP contribution in [-0.4, -0.2) is 75.0 Å². The molecule has 1 aromatic carbocycles. The highest BCUT2D eigenvalue weighted by Crippen LogP contribution is 2.33. The average Bonchev–Trinajstić information content (AvgIpc) is 3.53. The molecule has 10 heteroatoms. The number of nitrogens with one attached hydrogen (secondary N) is 2. The topological polar surface area (TPSA) is 104 Å². The van der Waals surface area contributed by atoms with Crippen LogP contribution in [0.1, 0.15) is 105 Å². The first-order chi connectivity index (χ1) is 21.4. The number of fused-ring (bicyclic) bond motifs is 1. The Morgan fingerprint density at radius 2 is 1.66 bits per heavy atom. The molecule has 0 unspecified atom stereocenters. The molecule has 1 saturated carbocycles. The SMILES string of the molecule is COc1ccc(OC)c(S(=O)(=O)N2CCC(CCCCNC(=O)c3cc4c([nH]3)CCN(C3CCCCCCCC3)C4)CC2)c1. The summed E-state index contributed by atoms with van der Waals surface area (Å²) >= 11 is 0. The zero-order valence-corrected chi connectivity index (χ0v) is 27.6. The van der Waals surface area contributed by atoms with E-state index in [0.717, 1.165) is 51.6 Å². The molecule has 2 fully saturated rings. The van der Waals surface area contributed by atoms with Crippen molar-refractivity contribution in [1.82, 2.24) is 19.5 Å². The fourth-order valence-corrected chi connectivity index (χ4v) is 8.93. The van der Waals surface area contributed by atoms with Crippen LogP contribution in [0, 0.1) is 5.92 Å². The molecular formula is C34H52N4O5S. The third-order valence-electron chi connectivity index (χ3n) is 9.99. The van der Waals surface area contributed by atoms with Gasteiger partial charge >= 0.3 is 0 Å². The molecule has 1 amide bonds. The van der Waals surface area contributed by atoms with E-state index in [-0.39, 0.29) is 10.8 Å². The Balaban J connectivity index is 1.02. The van der Waals surface area contributed by atoms with E-state index in [9.17, 15) is 13.2 Å². The maximum atomic E-state index is 13.4. The average molecular weight is 629 g/mol. The minimum atomic E-state index is -3.67. The number of rotatable bonds is 11. The van der Waals surface area contributed by atoms with E-state index in [1.165, 1.54) is 82.9 Å². The number of hydrogen-bond acceptors (Lipinski definition) is 6. The molecule has 3 heterocycles. The number of benzene rings is 1. The summed E-state index contributed by atoms with van der Waals surface area (Å²) in [4.78, 5) is 19.2. The van der Waals surface area contributed by atoms with Crippen LogP contribution in [0.15, 0.2) is 29.2 Å². The van der Waals surface area contributed by atoms with Gasteiger partial charge in [-0.2, -0.15) is 4.31 Å². The van der Waals surface area contributed by atoms with Crippen molar-refractivity contribution in [2.75, 3.05) is 40.4 Å². The van der Waals surface area contributed by atoms with Crippen LogP contribution in [0.4, 0.5) is 0 Å². The lowest BCUT2D eigenvalue weighted by atomic mass is 9.92. The number of amides is 1. The monoisotopic (exact) mass is 628 g/mol. The van der Waals surface area contributed by atoms with Crippen LogP contribution in [0.5, 0.6) is 11.5 Å². The Morgan fingerprint density at radius 1 is 0.932 bits per heavy atom. The van der Waals surface area contributed by atoms with Gasteiger partial charge in [-0.15, -0.1) is 0 Å². The molecule has 2 aliphatic heterocycles. The number of aromatic nitrogens is 1. The van der Waals surface area contributed by atoms with Gasteiger partial charge in [0.2, 0.25) is 10.0 Å². The Labute approximate surface area is 264 Å². The highest BCUT2D eigenvalue weighted by Gasteiger charge is 2.32. The van der Waals surface area contributed by atoms with Crippen LogP contribution in [0.2, 0.25) is 0 Å². The van der Waals surface area contributed by atoms with Crippen LogP contribution in [-0.2, 0) is 23.0 Å². The van der Waals surface area contributed by atoms with E-state index in [2.05, 4.69) is 21.3 Å². The maximum Gasteiger partial charge on any atom is 0.267 e. The van der Waals surface area contributed by atoms with Crippen molar-refractivity contribution in [3.8, 4) is 11.5 Å². The van der Waals surface area contributed by atoms with Crippen molar-refractivity contribution < 1.29 is 22.7 Å². The number of piperidine rings is 1. The van der Waals surface area contributed by atoms with Crippen molar-refractivity contribution in [3.63, 3.8) is 0 Å². The summed E-state index contributed by atoms with van der Waals surface area (Å²) in [7, 11) is -0.662. The number of unbranched alkanes of at least 4 members (excludes halogenated alkanes) is 1. The van der Waals surface area contributed by atoms with Gasteiger partial charge in [0.1, 0.15) is 22.1 Å². The summed E-state index contributed by atoms with van der Waals surface area (Å²) in [5, 5.41) is 3.11. The lowest BCUT2D eigenvalue weighted by Gasteiger charge is -2.34. The number of hydrogen-bond donors (Lipinski definition) is 2. The molecule has 0 spiro atoms. The van der Waals surface area contributed by atoms with Gasteiger partial charge in [0.15, 0.2) is 0 Å². The fraction of sp³-hybridized carbons (Fsp3) is 0.676. The number of nitrogens with zero attached hydrogens (tertiary/aromatic N) is 2. The zero-order chi connectivity index (χ0) is 30.9. The Kier molecular flexibility index (Phi) is 11.7. The number of methoxy groups -OCH3 is 2. The fourth-order valence-electron chi connectivity index (χ4n) is 7.29. The van der Waals surface area contributed by atoms with E-state index in [1.54, 1.807) is 16.4 Å². The van der Waals surface area contributed by atoms with Gasteiger partial charge < -0.3 is 19.8 Å². The largest absolute Gasteiger partial charge is 0.497 e. The molecule has 3 aliphatic rings. The smallest absolute Gasteiger partial charge is 0.267 e. The quantitative estimate of drug-likeness (QED) is 0.301. The predicted molar refractivity (Wildman–Crippen MR) is 173 cm³/mol. The third kappa shape index (κ3) is 8.17. The van der Waals surface area contributed by atoms with E-state index >= 15 is 0 Å². The van der Waals surface area contributed by atoms with Crippen LogP contribution in [0.25, 0.3) is 0 Å². The molecular weight excluding hydrogens is 576 g/mol. The first-order valence-corrected chi connectivity index (χ1v) is 18.3. The second-order valence-electron chi connectivity index (χ2n) is 12.9. The summed E-state index contributed by atoms with van der Waals surface area (Å²) < 4.78 is 38.8. The van der Waals surface area contributed by atoms with Crippen LogP contribution in [0.3, 0.4) is 0 Å². The second kappa shape index (κ2) is 15.6. The molecule has 1 aromatic heterocycles. The predicted octanol–water partition coefficient (Wildman–Crippen LogP) is 5.89. The van der Waals surface area contributed by atoms with E-state index < -0.39 is 10.0 Å². The van der Waals surface area contributed by atoms with E-state index in [0.29, 0.717) is 48.8 Å². The highest BCUT2D eigenvalue weighted by atomic mass is 32.2. The van der Waals surface area contributed by atoms with E-state index in [1.807, 2.05) is 0 Å². The number of sulfonamides is 1. The van der Waals surface area contributed by atoms with Gasteiger partial charge in [-0.3, -0.25) is 9.69 Å². The minimum Gasteiger partial charge on any atom is -0.497 e. The van der Waals surface area contributed by atoms with Crippen LogP contribution < -0.4 is 14.8 Å². The Morgan fingerprint density at radius 3 is 2.36 bits per heavy atom. The number of aromatic amines is 1. The standard InChI is InChI=1S/C34H52N4O5S/c1-42-29-14-15-32(43-2)33(24-29)44(40,41)38-21-16-26(17-22-38)11-9-10-19-35-34(39)31-23-27-25-37(20-18-30(27)36-31)28-12-7-5-3-4-6-8-13-28/h14-15,23-24,26,28,36H,3-13,16-22,25H2,1-2H3,(H,35,39). The Hall–Kier alpha value is -2.56. The van der Waals surface area contributed by atoms with Crippen LogP contribution >= 0.6 is 0 Å². The van der Waals surface area contributed by atoms with Crippen molar-refractivity contribution in [1.29, 1.82) is 0 Å². The molecule has 0 radical (unpaired) electrons. The third-order valence-corrected chi connectivity index (χ3v) is 11.9. The highest BCUT2D eigenvalue weighted by molar-refractivity contribution is 7.89. The lowest BCUT2D eigenvalue weighted by molar-refractivity contribution is 0.0948. The molecule has 2 N–H and O–H groups in total. The maximum absolute atomic E-state index is 13.4. The minimum absolute atomic E-state index is 0.0140. The van der Waals surface area contributed by atoms with Gasteiger partial charge in [-0.25, -0.2) is 8.42 Å². The molecule has 1 aliphatic carbocycles. The number of H-pyrrole nitrogens is 1. The van der Waals surface area contributed by atoms with Crippen molar-refractivity contribution in [2.45, 2.75) is 107 Å².